The van der Waals surface area contributed by atoms with Crippen LogP contribution in [-0.2, 0) is 4.79 Å². The minimum Gasteiger partial charge on any atom is -0.341 e. The molecule has 0 saturated carbocycles. The van der Waals surface area contributed by atoms with Gasteiger partial charge in [-0.3, -0.25) is 4.79 Å². The number of nitrogens with zero attached hydrogens (tertiary/aromatic N) is 2. The molecule has 1 saturated heterocycles. The summed E-state index contributed by atoms with van der Waals surface area (Å²) >= 11 is 5.18. The van der Waals surface area contributed by atoms with Gasteiger partial charge in [0.2, 0.25) is 5.91 Å². The van der Waals surface area contributed by atoms with Crippen molar-refractivity contribution < 1.29 is 4.79 Å². The zero-order valence-electron chi connectivity index (χ0n) is 8.44. The van der Waals surface area contributed by atoms with E-state index in [2.05, 4.69) is 31.1 Å². The van der Waals surface area contributed by atoms with Gasteiger partial charge in [-0.15, -0.1) is 0 Å². The molecule has 6 heteroatoms. The molecule has 84 valence electrons. The molecule has 1 aromatic rings. The van der Waals surface area contributed by atoms with E-state index in [0.717, 1.165) is 34.0 Å². The molecule has 1 aromatic heterocycles. The molecule has 16 heavy (non-hydrogen) atoms. The lowest BCUT2D eigenvalue weighted by Crippen LogP contribution is -2.53. The summed E-state index contributed by atoms with van der Waals surface area (Å²) in [5, 5.41) is 2.91. The van der Waals surface area contributed by atoms with Crippen molar-refractivity contribution in [1.82, 2.24) is 4.98 Å². The summed E-state index contributed by atoms with van der Waals surface area (Å²) in [6.45, 7) is 0.893. The molecule has 0 radical (unpaired) electrons. The number of halogens is 1. The molecule has 3 rings (SSSR count). The van der Waals surface area contributed by atoms with Crippen LogP contribution < -0.4 is 10.2 Å². The van der Waals surface area contributed by atoms with Gasteiger partial charge in [0.1, 0.15) is 6.04 Å². The van der Waals surface area contributed by atoms with Crippen LogP contribution in [0.1, 0.15) is 0 Å². The zero-order chi connectivity index (χ0) is 11.1. The Morgan fingerprint density at radius 3 is 3.38 bits per heavy atom. The third-order valence-electron chi connectivity index (χ3n) is 2.79. The maximum Gasteiger partial charge on any atom is 0.248 e. The molecule has 0 aliphatic carbocycles. The average molecular weight is 300 g/mol. The molecule has 0 spiro atoms. The zero-order valence-corrected chi connectivity index (χ0v) is 10.8. The number of amides is 1. The second-order valence-electron chi connectivity index (χ2n) is 3.80. The molecule has 1 fully saturated rings. The summed E-state index contributed by atoms with van der Waals surface area (Å²) in [6.07, 6.45) is 1.77. The molecule has 1 atom stereocenters. The average Bonchev–Trinajstić information content (AvgIpc) is 2.29. The van der Waals surface area contributed by atoms with Crippen LogP contribution in [0.25, 0.3) is 0 Å². The van der Waals surface area contributed by atoms with Gasteiger partial charge in [-0.25, -0.2) is 4.98 Å². The molecule has 2 aliphatic heterocycles. The summed E-state index contributed by atoms with van der Waals surface area (Å²) < 4.78 is 0.886. The van der Waals surface area contributed by atoms with E-state index in [1.807, 2.05) is 17.8 Å². The molecular weight excluding hydrogens is 290 g/mol. The normalized spacial score (nSPS) is 23.4. The molecule has 0 aromatic carbocycles. The monoisotopic (exact) mass is 299 g/mol. The first-order chi connectivity index (χ1) is 7.75. The fraction of sp³-hybridized carbons (Fsp3) is 0.400. The lowest BCUT2D eigenvalue weighted by molar-refractivity contribution is -0.117. The Kier molecular flexibility index (Phi) is 2.55. The third kappa shape index (κ3) is 1.60. The Hall–Kier alpha value is -0.750. The smallest absolute Gasteiger partial charge is 0.248 e. The molecule has 4 nitrogen and oxygen atoms in total. The molecular formula is C10H10BrN3OS. The summed E-state index contributed by atoms with van der Waals surface area (Å²) in [5.74, 6) is 2.89. The van der Waals surface area contributed by atoms with Crippen LogP contribution >= 0.6 is 27.7 Å². The summed E-state index contributed by atoms with van der Waals surface area (Å²) in [6, 6.07) is 1.85. The Morgan fingerprint density at radius 2 is 2.50 bits per heavy atom. The van der Waals surface area contributed by atoms with Gasteiger partial charge in [0, 0.05) is 28.7 Å². The van der Waals surface area contributed by atoms with E-state index in [1.54, 1.807) is 6.20 Å². The van der Waals surface area contributed by atoms with Crippen molar-refractivity contribution in [2.75, 3.05) is 28.3 Å². The van der Waals surface area contributed by atoms with Crippen LogP contribution in [0, 0.1) is 0 Å². The van der Waals surface area contributed by atoms with E-state index >= 15 is 0 Å². The maximum absolute atomic E-state index is 11.9. The van der Waals surface area contributed by atoms with Crippen LogP contribution in [0.4, 0.5) is 11.5 Å². The minimum atomic E-state index is -0.0556. The summed E-state index contributed by atoms with van der Waals surface area (Å²) in [7, 11) is 0. The van der Waals surface area contributed by atoms with Gasteiger partial charge in [0.05, 0.1) is 5.69 Å². The van der Waals surface area contributed by atoms with Gasteiger partial charge in [-0.1, -0.05) is 0 Å². The number of carbonyl (C=O) groups excluding carboxylic acids is 1. The summed E-state index contributed by atoms with van der Waals surface area (Å²) in [4.78, 5) is 18.4. The highest BCUT2D eigenvalue weighted by Gasteiger charge is 2.35. The predicted molar refractivity (Wildman–Crippen MR) is 69.0 cm³/mol. The van der Waals surface area contributed by atoms with Gasteiger partial charge >= 0.3 is 0 Å². The first kappa shape index (κ1) is 10.4. The Balaban J connectivity index is 2.06. The Bertz CT molecular complexity index is 454. The van der Waals surface area contributed by atoms with Gasteiger partial charge in [-0.05, 0) is 22.0 Å². The topological polar surface area (TPSA) is 45.2 Å². The Labute approximate surface area is 106 Å². The van der Waals surface area contributed by atoms with Crippen molar-refractivity contribution in [3.63, 3.8) is 0 Å². The fourth-order valence-electron chi connectivity index (χ4n) is 2.04. The number of carbonyl (C=O) groups is 1. The van der Waals surface area contributed by atoms with Crippen molar-refractivity contribution >= 4 is 45.1 Å². The molecule has 1 amide bonds. The first-order valence-corrected chi connectivity index (χ1v) is 7.01. The number of rotatable bonds is 0. The van der Waals surface area contributed by atoms with Gasteiger partial charge in [0.15, 0.2) is 5.82 Å². The second-order valence-corrected chi connectivity index (χ2v) is 5.86. The second kappa shape index (κ2) is 3.92. The van der Waals surface area contributed by atoms with Gasteiger partial charge in [0.25, 0.3) is 0 Å². The van der Waals surface area contributed by atoms with Crippen molar-refractivity contribution in [2.45, 2.75) is 6.04 Å². The lowest BCUT2D eigenvalue weighted by atomic mass is 10.1. The number of hydrogen-bond acceptors (Lipinski definition) is 4. The maximum atomic E-state index is 11.9. The quantitative estimate of drug-likeness (QED) is 0.792. The third-order valence-corrected chi connectivity index (χ3v) is 4.25. The molecule has 1 N–H and O–H groups in total. The highest BCUT2D eigenvalue weighted by atomic mass is 79.9. The minimum absolute atomic E-state index is 0.0556. The number of nitrogens with one attached hydrogen (secondary N) is 1. The van der Waals surface area contributed by atoms with Crippen LogP contribution in [0.15, 0.2) is 16.7 Å². The molecule has 3 heterocycles. The van der Waals surface area contributed by atoms with Crippen molar-refractivity contribution in [2.24, 2.45) is 0 Å². The number of hydrogen-bond donors (Lipinski definition) is 1. The van der Waals surface area contributed by atoms with Crippen LogP contribution in [0.5, 0.6) is 0 Å². The van der Waals surface area contributed by atoms with Gasteiger partial charge in [-0.2, -0.15) is 11.8 Å². The highest BCUT2D eigenvalue weighted by Crippen LogP contribution is 2.34. The number of fused-ring (bicyclic) bond motifs is 3. The first-order valence-electron chi connectivity index (χ1n) is 5.06. The van der Waals surface area contributed by atoms with E-state index in [9.17, 15) is 4.79 Å². The van der Waals surface area contributed by atoms with E-state index in [0.29, 0.717) is 0 Å². The number of aromatic nitrogens is 1. The number of thioether (sulfide) groups is 1. The summed E-state index contributed by atoms with van der Waals surface area (Å²) in [5.41, 5.74) is 0.808. The largest absolute Gasteiger partial charge is 0.341 e. The number of pyridine rings is 1. The predicted octanol–water partition coefficient (Wildman–Crippen LogP) is 1.72. The fourth-order valence-corrected chi connectivity index (χ4v) is 3.42. The molecule has 2 aliphatic rings. The Morgan fingerprint density at radius 1 is 1.62 bits per heavy atom. The van der Waals surface area contributed by atoms with E-state index in [4.69, 9.17) is 0 Å². The van der Waals surface area contributed by atoms with Crippen molar-refractivity contribution in [3.8, 4) is 0 Å². The SMILES string of the molecule is O=C1Nc2cc(Br)cnc2N2CCSCC12. The van der Waals surface area contributed by atoms with Crippen LogP contribution in [0.3, 0.4) is 0 Å². The lowest BCUT2D eigenvalue weighted by Gasteiger charge is -2.39. The highest BCUT2D eigenvalue weighted by molar-refractivity contribution is 9.10. The van der Waals surface area contributed by atoms with Crippen molar-refractivity contribution in [3.05, 3.63) is 16.7 Å². The molecule has 0 bridgehead atoms. The van der Waals surface area contributed by atoms with E-state index in [-0.39, 0.29) is 11.9 Å². The van der Waals surface area contributed by atoms with Gasteiger partial charge < -0.3 is 10.2 Å². The van der Waals surface area contributed by atoms with E-state index < -0.39 is 0 Å². The van der Waals surface area contributed by atoms with E-state index in [1.165, 1.54) is 0 Å². The van der Waals surface area contributed by atoms with Crippen LogP contribution in [0.2, 0.25) is 0 Å². The molecule has 1 unspecified atom stereocenters. The number of anilines is 2. The van der Waals surface area contributed by atoms with Crippen LogP contribution in [-0.4, -0.2) is 35.0 Å². The van der Waals surface area contributed by atoms with Crippen molar-refractivity contribution in [1.29, 1.82) is 0 Å². The standard InChI is InChI=1S/C10H10BrN3OS/c11-6-3-7-9(12-4-6)14-1-2-16-5-8(14)10(15)13-7/h3-4,8H,1-2,5H2,(H,13,15).